The van der Waals surface area contributed by atoms with Gasteiger partial charge in [0.05, 0.1) is 0 Å². The molecule has 1 unspecified atom stereocenters. The van der Waals surface area contributed by atoms with E-state index in [-0.39, 0.29) is 5.54 Å². The van der Waals surface area contributed by atoms with E-state index >= 15 is 0 Å². The molecule has 202 valence electrons. The van der Waals surface area contributed by atoms with Crippen LogP contribution >= 0.6 is 0 Å². The minimum atomic E-state index is 0.0615. The van der Waals surface area contributed by atoms with Crippen LogP contribution in [0.2, 0.25) is 0 Å². The average molecular weight is 528 g/mol. The highest BCUT2D eigenvalue weighted by atomic mass is 15.3. The maximum atomic E-state index is 4.40. The van der Waals surface area contributed by atoms with Crippen molar-refractivity contribution in [1.82, 2.24) is 24.6 Å². The van der Waals surface area contributed by atoms with Crippen LogP contribution in [0.5, 0.6) is 0 Å². The highest BCUT2D eigenvalue weighted by Crippen LogP contribution is 2.43. The van der Waals surface area contributed by atoms with Crippen molar-refractivity contribution in [3.05, 3.63) is 132 Å². The molecule has 0 bridgehead atoms. The molecule has 1 aliphatic rings. The summed E-state index contributed by atoms with van der Waals surface area (Å²) in [5, 5.41) is 7.00. The molecule has 1 atom stereocenters. The van der Waals surface area contributed by atoms with Crippen molar-refractivity contribution in [1.29, 1.82) is 0 Å². The van der Waals surface area contributed by atoms with Crippen molar-refractivity contribution < 1.29 is 0 Å². The SMILES string of the molecule is CN(C)C1(c2ccccc2)CC=C(c2[nH]c3ccccc3c2CCn2cccn2)CC1.c1ccc2[nH]ccc2c1. The van der Waals surface area contributed by atoms with Gasteiger partial charge in [-0.2, -0.15) is 5.10 Å². The Bertz CT molecular complexity index is 1670. The molecule has 5 nitrogen and oxygen atoms in total. The summed E-state index contributed by atoms with van der Waals surface area (Å²) in [6.07, 6.45) is 12.5. The van der Waals surface area contributed by atoms with E-state index in [1.165, 1.54) is 44.2 Å². The van der Waals surface area contributed by atoms with Crippen LogP contribution in [0.3, 0.4) is 0 Å². The fraction of sp³-hybridized carbons (Fsp3) is 0.229. The first-order valence-electron chi connectivity index (χ1n) is 14.2. The largest absolute Gasteiger partial charge is 0.361 e. The van der Waals surface area contributed by atoms with Gasteiger partial charge in [-0.1, -0.05) is 72.8 Å². The summed E-state index contributed by atoms with van der Waals surface area (Å²) in [7, 11) is 4.43. The molecule has 3 aromatic heterocycles. The third-order valence-electron chi connectivity index (χ3n) is 8.41. The number of para-hydroxylation sites is 2. The van der Waals surface area contributed by atoms with E-state index in [1.54, 1.807) is 0 Å². The number of aromatic amines is 2. The second kappa shape index (κ2) is 11.4. The van der Waals surface area contributed by atoms with Gasteiger partial charge in [-0.15, -0.1) is 0 Å². The van der Waals surface area contributed by atoms with Crippen molar-refractivity contribution in [2.75, 3.05) is 14.1 Å². The van der Waals surface area contributed by atoms with Crippen LogP contribution in [0.1, 0.15) is 36.1 Å². The number of aromatic nitrogens is 4. The van der Waals surface area contributed by atoms with E-state index in [2.05, 4.69) is 113 Å². The second-order valence-corrected chi connectivity index (χ2v) is 10.8. The summed E-state index contributed by atoms with van der Waals surface area (Å²) < 4.78 is 2.02. The molecule has 0 radical (unpaired) electrons. The lowest BCUT2D eigenvalue weighted by Gasteiger charge is -2.43. The number of allylic oxidation sites excluding steroid dienone is 1. The predicted molar refractivity (Wildman–Crippen MR) is 166 cm³/mol. The molecule has 0 saturated carbocycles. The van der Waals surface area contributed by atoms with Gasteiger partial charge in [-0.25, -0.2) is 0 Å². The first-order chi connectivity index (χ1) is 19.6. The van der Waals surface area contributed by atoms with Gasteiger partial charge < -0.3 is 9.97 Å². The van der Waals surface area contributed by atoms with Crippen LogP contribution in [0, 0.1) is 0 Å². The van der Waals surface area contributed by atoms with Crippen molar-refractivity contribution >= 4 is 27.4 Å². The highest BCUT2D eigenvalue weighted by molar-refractivity contribution is 5.89. The Labute approximate surface area is 236 Å². The maximum Gasteiger partial charge on any atom is 0.0492 e. The minimum absolute atomic E-state index is 0.0615. The lowest BCUT2D eigenvalue weighted by molar-refractivity contribution is 0.138. The van der Waals surface area contributed by atoms with Gasteiger partial charge in [-0.05, 0) is 86.1 Å². The van der Waals surface area contributed by atoms with Gasteiger partial charge in [0.1, 0.15) is 0 Å². The van der Waals surface area contributed by atoms with Gasteiger partial charge in [0.15, 0.2) is 0 Å². The third-order valence-corrected chi connectivity index (χ3v) is 8.41. The Morgan fingerprint density at radius 3 is 2.38 bits per heavy atom. The van der Waals surface area contributed by atoms with Crippen LogP contribution in [0.4, 0.5) is 0 Å². The molecule has 5 heteroatoms. The molecule has 2 N–H and O–H groups in total. The molecular formula is C35H37N5. The quantitative estimate of drug-likeness (QED) is 0.232. The summed E-state index contributed by atoms with van der Waals surface area (Å²) >= 11 is 0. The summed E-state index contributed by atoms with van der Waals surface area (Å²) in [5.41, 5.74) is 8.07. The van der Waals surface area contributed by atoms with E-state index in [0.29, 0.717) is 0 Å². The van der Waals surface area contributed by atoms with E-state index in [0.717, 1.165) is 32.2 Å². The molecule has 0 saturated heterocycles. The molecule has 0 amide bonds. The Hall–Kier alpha value is -4.35. The molecule has 40 heavy (non-hydrogen) atoms. The van der Waals surface area contributed by atoms with Gasteiger partial charge in [-0.3, -0.25) is 9.58 Å². The molecular weight excluding hydrogens is 490 g/mol. The summed E-state index contributed by atoms with van der Waals surface area (Å²) in [6.45, 7) is 0.890. The zero-order valence-corrected chi connectivity index (χ0v) is 23.3. The second-order valence-electron chi connectivity index (χ2n) is 10.8. The topological polar surface area (TPSA) is 52.6 Å². The van der Waals surface area contributed by atoms with E-state index in [4.69, 9.17) is 0 Å². The number of hydrogen-bond acceptors (Lipinski definition) is 2. The van der Waals surface area contributed by atoms with Gasteiger partial charge >= 0.3 is 0 Å². The van der Waals surface area contributed by atoms with Crippen molar-refractivity contribution in [2.24, 2.45) is 0 Å². The molecule has 0 spiro atoms. The van der Waals surface area contributed by atoms with E-state index < -0.39 is 0 Å². The summed E-state index contributed by atoms with van der Waals surface area (Å²) in [5.74, 6) is 0. The van der Waals surface area contributed by atoms with Gasteiger partial charge in [0.2, 0.25) is 0 Å². The Kier molecular flexibility index (Phi) is 7.39. The van der Waals surface area contributed by atoms with Crippen LogP contribution in [0.15, 0.2) is 116 Å². The normalized spacial score (nSPS) is 17.1. The molecule has 0 fully saturated rings. The van der Waals surface area contributed by atoms with Crippen molar-refractivity contribution in [3.63, 3.8) is 0 Å². The standard InChI is InChI=1S/C27H30N4.C8H7N/c1-30(2)27(22-9-4-3-5-10-22)16-13-21(14-17-27)26-24(15-20-31-19-8-18-28-31)23-11-6-7-12-25(23)29-26;1-2-4-8-7(3-1)5-6-9-8/h3-13,18-19,29H,14-17,20H2,1-2H3;1-6,9H. The van der Waals surface area contributed by atoms with Crippen molar-refractivity contribution in [3.8, 4) is 0 Å². The van der Waals surface area contributed by atoms with Gasteiger partial charge in [0.25, 0.3) is 0 Å². The number of H-pyrrole nitrogens is 2. The van der Waals surface area contributed by atoms with Crippen LogP contribution in [0.25, 0.3) is 27.4 Å². The molecule has 1 aliphatic carbocycles. The van der Waals surface area contributed by atoms with Crippen LogP contribution in [-0.2, 0) is 18.5 Å². The number of benzene rings is 3. The number of rotatable bonds is 6. The molecule has 3 aromatic carbocycles. The fourth-order valence-electron chi connectivity index (χ4n) is 6.13. The lowest BCUT2D eigenvalue weighted by Crippen LogP contribution is -2.42. The third kappa shape index (κ3) is 5.13. The van der Waals surface area contributed by atoms with E-state index in [1.807, 2.05) is 41.5 Å². The van der Waals surface area contributed by atoms with E-state index in [9.17, 15) is 0 Å². The number of nitrogens with one attached hydrogen (secondary N) is 2. The number of fused-ring (bicyclic) bond motifs is 2. The zero-order chi connectivity index (χ0) is 27.4. The molecule has 6 aromatic rings. The Morgan fingerprint density at radius 2 is 1.65 bits per heavy atom. The lowest BCUT2D eigenvalue weighted by atomic mass is 9.75. The van der Waals surface area contributed by atoms with Crippen molar-refractivity contribution in [2.45, 2.75) is 37.8 Å². The maximum absolute atomic E-state index is 4.40. The summed E-state index contributed by atoms with van der Waals surface area (Å²) in [6, 6.07) is 31.9. The minimum Gasteiger partial charge on any atom is -0.361 e. The Balaban J connectivity index is 0.000000271. The Morgan fingerprint density at radius 1 is 0.875 bits per heavy atom. The van der Waals surface area contributed by atoms with Crippen LogP contribution < -0.4 is 0 Å². The molecule has 7 rings (SSSR count). The predicted octanol–water partition coefficient (Wildman–Crippen LogP) is 7.80. The summed E-state index contributed by atoms with van der Waals surface area (Å²) in [4.78, 5) is 9.27. The molecule has 0 aliphatic heterocycles. The number of aryl methyl sites for hydroxylation is 2. The van der Waals surface area contributed by atoms with Crippen LogP contribution in [-0.4, -0.2) is 38.7 Å². The monoisotopic (exact) mass is 527 g/mol. The first kappa shape index (κ1) is 25.9. The smallest absolute Gasteiger partial charge is 0.0492 e. The number of nitrogens with zero attached hydrogens (tertiary/aromatic N) is 3. The average Bonchev–Trinajstić information content (AvgIpc) is 3.77. The highest BCUT2D eigenvalue weighted by Gasteiger charge is 2.36. The van der Waals surface area contributed by atoms with Gasteiger partial charge in [0, 0.05) is 52.8 Å². The molecule has 3 heterocycles. The first-order valence-corrected chi connectivity index (χ1v) is 14.2. The zero-order valence-electron chi connectivity index (χ0n) is 23.3. The fourth-order valence-corrected chi connectivity index (χ4v) is 6.13. The number of hydrogen-bond donors (Lipinski definition) is 2.